The van der Waals surface area contributed by atoms with Gasteiger partial charge in [0.05, 0.1) is 25.3 Å². The topological polar surface area (TPSA) is 39.5 Å². The van der Waals surface area contributed by atoms with Crippen molar-refractivity contribution in [3.8, 4) is 6.07 Å². The first-order valence-electron chi connectivity index (χ1n) is 5.93. The molecule has 0 saturated carbocycles. The van der Waals surface area contributed by atoms with Gasteiger partial charge in [0, 0.05) is 38.3 Å². The van der Waals surface area contributed by atoms with Gasteiger partial charge in [-0.2, -0.15) is 5.26 Å². The number of piperazine rings is 1. The summed E-state index contributed by atoms with van der Waals surface area (Å²) in [6.45, 7) is 8.39. The van der Waals surface area contributed by atoms with Crippen molar-refractivity contribution >= 4 is 12.4 Å². The molecular formula is C12H20ClN3O. The Hall–Kier alpha value is -0.600. The lowest BCUT2D eigenvalue weighted by Gasteiger charge is -2.43. The highest BCUT2D eigenvalue weighted by Gasteiger charge is 2.29. The summed E-state index contributed by atoms with van der Waals surface area (Å²) in [5.41, 5.74) is 0. The van der Waals surface area contributed by atoms with E-state index in [1.54, 1.807) is 6.08 Å². The van der Waals surface area contributed by atoms with Crippen molar-refractivity contribution in [3.05, 3.63) is 12.2 Å². The van der Waals surface area contributed by atoms with Crippen LogP contribution in [0.5, 0.6) is 0 Å². The van der Waals surface area contributed by atoms with Crippen molar-refractivity contribution in [2.45, 2.75) is 19.0 Å². The Balaban J connectivity index is 0.00000144. The number of nitriles is 1. The van der Waals surface area contributed by atoms with Crippen molar-refractivity contribution in [1.82, 2.24) is 9.80 Å². The molecule has 17 heavy (non-hydrogen) atoms. The average molecular weight is 258 g/mol. The third kappa shape index (κ3) is 3.68. The van der Waals surface area contributed by atoms with E-state index in [1.807, 2.05) is 12.1 Å². The van der Waals surface area contributed by atoms with E-state index in [1.165, 1.54) is 0 Å². The van der Waals surface area contributed by atoms with Crippen LogP contribution in [0.1, 0.15) is 6.92 Å². The molecule has 0 amide bonds. The second-order valence-electron chi connectivity index (χ2n) is 4.49. The molecule has 5 heteroatoms. The summed E-state index contributed by atoms with van der Waals surface area (Å²) in [6.07, 6.45) is 3.55. The molecule has 0 aliphatic carbocycles. The maximum Gasteiger partial charge on any atom is 0.0909 e. The van der Waals surface area contributed by atoms with Crippen LogP contribution in [0.15, 0.2) is 12.2 Å². The predicted molar refractivity (Wildman–Crippen MR) is 69.2 cm³/mol. The van der Waals surface area contributed by atoms with Gasteiger partial charge < -0.3 is 4.74 Å². The highest BCUT2D eigenvalue weighted by Crippen LogP contribution is 2.14. The number of ether oxygens (including phenoxy) is 1. The Morgan fingerprint density at radius 2 is 1.94 bits per heavy atom. The molecule has 2 aliphatic heterocycles. The second-order valence-corrected chi connectivity index (χ2v) is 4.49. The van der Waals surface area contributed by atoms with Crippen molar-refractivity contribution in [3.63, 3.8) is 0 Å². The van der Waals surface area contributed by atoms with Gasteiger partial charge in [0.25, 0.3) is 0 Å². The van der Waals surface area contributed by atoms with Gasteiger partial charge >= 0.3 is 0 Å². The minimum Gasteiger partial charge on any atom is -0.378 e. The summed E-state index contributed by atoms with van der Waals surface area (Å²) >= 11 is 0. The third-order valence-corrected chi connectivity index (χ3v) is 3.51. The zero-order valence-electron chi connectivity index (χ0n) is 10.2. The molecule has 2 saturated heterocycles. The summed E-state index contributed by atoms with van der Waals surface area (Å²) in [5.74, 6) is 0. The van der Waals surface area contributed by atoms with Gasteiger partial charge in [-0.05, 0) is 6.92 Å². The predicted octanol–water partition coefficient (Wildman–Crippen LogP) is 0.893. The Bertz CT molecular complexity index is 291. The number of hydrogen-bond donors (Lipinski definition) is 0. The first-order chi connectivity index (χ1) is 7.81. The van der Waals surface area contributed by atoms with Gasteiger partial charge in [0.2, 0.25) is 0 Å². The van der Waals surface area contributed by atoms with Crippen LogP contribution in [0, 0.1) is 11.3 Å². The summed E-state index contributed by atoms with van der Waals surface area (Å²) < 4.78 is 5.21. The molecule has 0 bridgehead atoms. The van der Waals surface area contributed by atoms with E-state index >= 15 is 0 Å². The molecule has 0 N–H and O–H groups in total. The van der Waals surface area contributed by atoms with Crippen LogP contribution in [-0.4, -0.2) is 61.3 Å². The molecule has 1 unspecified atom stereocenters. The average Bonchev–Trinajstić information content (AvgIpc) is 2.24. The third-order valence-electron chi connectivity index (χ3n) is 3.51. The minimum absolute atomic E-state index is 0. The van der Waals surface area contributed by atoms with E-state index in [4.69, 9.17) is 10.00 Å². The molecule has 96 valence electrons. The Morgan fingerprint density at radius 1 is 1.29 bits per heavy atom. The second kappa shape index (κ2) is 6.97. The standard InChI is InChI=1S/C12H19N3O.ClH/c1-11(3-2-4-13)14-5-7-15(8-6-14)12-9-16-10-12;/h2-3,11-12H,5-10H2,1H3;1H. The highest BCUT2D eigenvalue weighted by atomic mass is 35.5. The van der Waals surface area contributed by atoms with E-state index in [2.05, 4.69) is 16.7 Å². The molecule has 2 heterocycles. The number of hydrogen-bond acceptors (Lipinski definition) is 4. The molecule has 4 nitrogen and oxygen atoms in total. The van der Waals surface area contributed by atoms with E-state index < -0.39 is 0 Å². The molecule has 2 fully saturated rings. The molecule has 0 radical (unpaired) electrons. The van der Waals surface area contributed by atoms with E-state index in [-0.39, 0.29) is 12.4 Å². The van der Waals surface area contributed by atoms with Gasteiger partial charge in [-0.25, -0.2) is 0 Å². The van der Waals surface area contributed by atoms with Crippen LogP contribution in [0.4, 0.5) is 0 Å². The molecule has 2 aliphatic rings. The monoisotopic (exact) mass is 257 g/mol. The molecule has 0 spiro atoms. The van der Waals surface area contributed by atoms with Crippen LogP contribution in [0.2, 0.25) is 0 Å². The molecule has 0 aromatic carbocycles. The highest BCUT2D eigenvalue weighted by molar-refractivity contribution is 5.85. The summed E-state index contributed by atoms with van der Waals surface area (Å²) in [7, 11) is 0. The van der Waals surface area contributed by atoms with Crippen LogP contribution >= 0.6 is 12.4 Å². The Kier molecular flexibility index (Phi) is 5.93. The van der Waals surface area contributed by atoms with E-state index in [9.17, 15) is 0 Å². The SMILES string of the molecule is CC(C=CC#N)N1CCN(C2COC2)CC1.Cl. The zero-order valence-corrected chi connectivity index (χ0v) is 11.0. The molecule has 2 rings (SSSR count). The first kappa shape index (κ1) is 14.5. The van der Waals surface area contributed by atoms with Crippen LogP contribution < -0.4 is 0 Å². The van der Waals surface area contributed by atoms with Gasteiger partial charge in [0.1, 0.15) is 0 Å². The van der Waals surface area contributed by atoms with Crippen molar-refractivity contribution in [2.75, 3.05) is 39.4 Å². The van der Waals surface area contributed by atoms with Crippen molar-refractivity contribution in [2.24, 2.45) is 0 Å². The van der Waals surface area contributed by atoms with Gasteiger partial charge in [0.15, 0.2) is 0 Å². The lowest BCUT2D eigenvalue weighted by molar-refractivity contribution is -0.0780. The normalized spacial score (nSPS) is 24.9. The molecule has 1 atom stereocenters. The Labute approximate surface area is 109 Å². The summed E-state index contributed by atoms with van der Waals surface area (Å²) in [5, 5.41) is 8.49. The zero-order chi connectivity index (χ0) is 11.4. The number of rotatable bonds is 3. The van der Waals surface area contributed by atoms with E-state index in [0.29, 0.717) is 12.1 Å². The van der Waals surface area contributed by atoms with Gasteiger partial charge in [-0.15, -0.1) is 12.4 Å². The quantitative estimate of drug-likeness (QED) is 0.704. The fourth-order valence-corrected chi connectivity index (χ4v) is 2.25. The van der Waals surface area contributed by atoms with E-state index in [0.717, 1.165) is 39.4 Å². The van der Waals surface area contributed by atoms with Crippen LogP contribution in [-0.2, 0) is 4.74 Å². The van der Waals surface area contributed by atoms with Crippen molar-refractivity contribution < 1.29 is 4.74 Å². The molecule has 0 aromatic rings. The minimum atomic E-state index is 0. The van der Waals surface area contributed by atoms with Gasteiger partial charge in [-0.1, -0.05) is 6.08 Å². The maximum absolute atomic E-state index is 8.49. The van der Waals surface area contributed by atoms with Crippen LogP contribution in [0.25, 0.3) is 0 Å². The largest absolute Gasteiger partial charge is 0.378 e. The smallest absolute Gasteiger partial charge is 0.0909 e. The number of nitrogens with zero attached hydrogens (tertiary/aromatic N) is 3. The van der Waals surface area contributed by atoms with Gasteiger partial charge in [-0.3, -0.25) is 9.80 Å². The first-order valence-corrected chi connectivity index (χ1v) is 5.93. The van der Waals surface area contributed by atoms with Crippen LogP contribution in [0.3, 0.4) is 0 Å². The maximum atomic E-state index is 8.49. The molecular weight excluding hydrogens is 238 g/mol. The Morgan fingerprint density at radius 3 is 2.41 bits per heavy atom. The lowest BCUT2D eigenvalue weighted by atomic mass is 10.1. The molecule has 0 aromatic heterocycles. The summed E-state index contributed by atoms with van der Waals surface area (Å²) in [6, 6.07) is 3.08. The fourth-order valence-electron chi connectivity index (χ4n) is 2.25. The van der Waals surface area contributed by atoms with Crippen molar-refractivity contribution in [1.29, 1.82) is 5.26 Å². The number of halogens is 1. The lowest BCUT2D eigenvalue weighted by Crippen LogP contribution is -2.57. The number of allylic oxidation sites excluding steroid dienone is 1. The fraction of sp³-hybridized carbons (Fsp3) is 0.750. The summed E-state index contributed by atoms with van der Waals surface area (Å²) in [4.78, 5) is 4.94.